The van der Waals surface area contributed by atoms with Gasteiger partial charge in [0, 0.05) is 19.6 Å². The molecule has 0 aliphatic carbocycles. The minimum Gasteiger partial charge on any atom is -0.465 e. The van der Waals surface area contributed by atoms with Crippen molar-refractivity contribution >= 4 is 0 Å². The largest absolute Gasteiger partial charge is 0.465 e. The number of aryl methyl sites for hydroxylation is 1. The van der Waals surface area contributed by atoms with Crippen LogP contribution in [-0.2, 0) is 0 Å². The minimum absolute atomic E-state index is 0.145. The lowest BCUT2D eigenvalue weighted by Gasteiger charge is -2.34. The summed E-state index contributed by atoms with van der Waals surface area (Å²) in [6.07, 6.45) is 1.51. The SMILES string of the molecule is Cc1ccc(C(CN)N2CCC(O)CC2)o1. The van der Waals surface area contributed by atoms with Gasteiger partial charge in [0.15, 0.2) is 0 Å². The number of rotatable bonds is 3. The van der Waals surface area contributed by atoms with Crippen LogP contribution in [0.5, 0.6) is 0 Å². The van der Waals surface area contributed by atoms with Crippen LogP contribution < -0.4 is 5.73 Å². The maximum absolute atomic E-state index is 9.47. The highest BCUT2D eigenvalue weighted by molar-refractivity contribution is 5.10. The van der Waals surface area contributed by atoms with Crippen LogP contribution in [0.25, 0.3) is 0 Å². The van der Waals surface area contributed by atoms with E-state index < -0.39 is 0 Å². The molecule has 1 unspecified atom stereocenters. The van der Waals surface area contributed by atoms with E-state index in [1.165, 1.54) is 0 Å². The third-order valence-electron chi connectivity index (χ3n) is 3.25. The molecule has 0 bridgehead atoms. The Balaban J connectivity index is 2.05. The van der Waals surface area contributed by atoms with Crippen molar-refractivity contribution in [3.05, 3.63) is 23.7 Å². The topological polar surface area (TPSA) is 62.6 Å². The third-order valence-corrected chi connectivity index (χ3v) is 3.25. The van der Waals surface area contributed by atoms with Crippen molar-refractivity contribution in [3.8, 4) is 0 Å². The summed E-state index contributed by atoms with van der Waals surface area (Å²) in [5, 5.41) is 9.47. The molecule has 0 radical (unpaired) electrons. The molecule has 1 aliphatic heterocycles. The molecule has 0 saturated carbocycles. The summed E-state index contributed by atoms with van der Waals surface area (Å²) < 4.78 is 5.63. The van der Waals surface area contributed by atoms with E-state index in [1.54, 1.807) is 0 Å². The number of nitrogens with two attached hydrogens (primary N) is 1. The van der Waals surface area contributed by atoms with Crippen LogP contribution in [-0.4, -0.2) is 35.7 Å². The molecule has 3 N–H and O–H groups in total. The summed E-state index contributed by atoms with van der Waals surface area (Å²) in [4.78, 5) is 2.30. The van der Waals surface area contributed by atoms with Crippen LogP contribution in [0.2, 0.25) is 0 Å². The van der Waals surface area contributed by atoms with Crippen LogP contribution in [0, 0.1) is 6.92 Å². The maximum atomic E-state index is 9.47. The summed E-state index contributed by atoms with van der Waals surface area (Å²) >= 11 is 0. The van der Waals surface area contributed by atoms with Crippen molar-refractivity contribution in [1.82, 2.24) is 4.90 Å². The first-order valence-corrected chi connectivity index (χ1v) is 5.89. The molecule has 1 aromatic rings. The van der Waals surface area contributed by atoms with Gasteiger partial charge in [0.25, 0.3) is 0 Å². The van der Waals surface area contributed by atoms with Crippen molar-refractivity contribution in [3.63, 3.8) is 0 Å². The zero-order valence-corrected chi connectivity index (χ0v) is 9.72. The van der Waals surface area contributed by atoms with E-state index in [1.807, 2.05) is 19.1 Å². The van der Waals surface area contributed by atoms with Crippen LogP contribution in [0.3, 0.4) is 0 Å². The zero-order chi connectivity index (χ0) is 11.5. The summed E-state index contributed by atoms with van der Waals surface area (Å²) in [5.74, 6) is 1.86. The van der Waals surface area contributed by atoms with Gasteiger partial charge in [-0.05, 0) is 31.9 Å². The Kier molecular flexibility index (Phi) is 3.63. The standard InChI is InChI=1S/C12H20N2O2/c1-9-2-3-12(16-9)11(8-13)14-6-4-10(15)5-7-14/h2-3,10-11,15H,4-8,13H2,1H3. The lowest BCUT2D eigenvalue weighted by Crippen LogP contribution is -2.41. The Hall–Kier alpha value is -0.840. The molecule has 0 spiro atoms. The fraction of sp³-hybridized carbons (Fsp3) is 0.667. The van der Waals surface area contributed by atoms with Crippen molar-refractivity contribution in [1.29, 1.82) is 0 Å². The average molecular weight is 224 g/mol. The molecule has 4 heteroatoms. The number of hydrogen-bond donors (Lipinski definition) is 2. The molecular weight excluding hydrogens is 204 g/mol. The highest BCUT2D eigenvalue weighted by Crippen LogP contribution is 2.25. The van der Waals surface area contributed by atoms with E-state index in [9.17, 15) is 5.11 Å². The summed E-state index contributed by atoms with van der Waals surface area (Å²) in [7, 11) is 0. The van der Waals surface area contributed by atoms with Crippen LogP contribution in [0.15, 0.2) is 16.5 Å². The number of aliphatic hydroxyl groups is 1. The number of furan rings is 1. The monoisotopic (exact) mass is 224 g/mol. The molecule has 1 saturated heterocycles. The first-order chi connectivity index (χ1) is 7.70. The third kappa shape index (κ3) is 2.45. The predicted octanol–water partition coefficient (Wildman–Crippen LogP) is 1.04. The van der Waals surface area contributed by atoms with Gasteiger partial charge in [-0.25, -0.2) is 0 Å². The van der Waals surface area contributed by atoms with Gasteiger partial charge in [-0.1, -0.05) is 0 Å². The van der Waals surface area contributed by atoms with E-state index in [0.717, 1.165) is 37.5 Å². The van der Waals surface area contributed by atoms with Crippen LogP contribution >= 0.6 is 0 Å². The Morgan fingerprint density at radius 2 is 2.19 bits per heavy atom. The second kappa shape index (κ2) is 4.99. The molecule has 90 valence electrons. The normalized spacial score (nSPS) is 21.2. The molecule has 4 nitrogen and oxygen atoms in total. The summed E-state index contributed by atoms with van der Waals surface area (Å²) in [6.45, 7) is 4.28. The van der Waals surface area contributed by atoms with E-state index in [-0.39, 0.29) is 12.1 Å². The lowest BCUT2D eigenvalue weighted by atomic mass is 10.0. The minimum atomic E-state index is -0.145. The molecule has 0 amide bonds. The molecule has 2 heterocycles. The predicted molar refractivity (Wildman–Crippen MR) is 62.1 cm³/mol. The Labute approximate surface area is 96.0 Å². The van der Waals surface area contributed by atoms with Crippen molar-refractivity contribution in [2.45, 2.75) is 31.9 Å². The summed E-state index contributed by atoms with van der Waals surface area (Å²) in [5.41, 5.74) is 5.82. The molecule has 1 fully saturated rings. The Morgan fingerprint density at radius 1 is 1.50 bits per heavy atom. The van der Waals surface area contributed by atoms with Gasteiger partial charge in [-0.2, -0.15) is 0 Å². The number of hydrogen-bond acceptors (Lipinski definition) is 4. The first kappa shape index (κ1) is 11.6. The van der Waals surface area contributed by atoms with Gasteiger partial charge in [-0.15, -0.1) is 0 Å². The fourth-order valence-electron chi connectivity index (χ4n) is 2.28. The Morgan fingerprint density at radius 3 is 2.69 bits per heavy atom. The van der Waals surface area contributed by atoms with Crippen LogP contribution in [0.4, 0.5) is 0 Å². The first-order valence-electron chi connectivity index (χ1n) is 5.89. The number of nitrogens with zero attached hydrogens (tertiary/aromatic N) is 1. The fourth-order valence-corrected chi connectivity index (χ4v) is 2.28. The highest BCUT2D eigenvalue weighted by atomic mass is 16.3. The molecule has 16 heavy (non-hydrogen) atoms. The van der Waals surface area contributed by atoms with Gasteiger partial charge < -0.3 is 15.3 Å². The second-order valence-electron chi connectivity index (χ2n) is 4.47. The van der Waals surface area contributed by atoms with Gasteiger partial charge in [0.1, 0.15) is 11.5 Å². The molecule has 1 aliphatic rings. The van der Waals surface area contributed by atoms with E-state index in [2.05, 4.69) is 4.90 Å². The molecule has 1 atom stereocenters. The molecule has 1 aromatic heterocycles. The number of aliphatic hydroxyl groups excluding tert-OH is 1. The average Bonchev–Trinajstić information content (AvgIpc) is 2.69. The van der Waals surface area contributed by atoms with Gasteiger partial charge >= 0.3 is 0 Å². The van der Waals surface area contributed by atoms with Gasteiger partial charge in [0.2, 0.25) is 0 Å². The maximum Gasteiger partial charge on any atom is 0.122 e. The summed E-state index contributed by atoms with van der Waals surface area (Å²) in [6, 6.07) is 4.12. The molecule has 0 aromatic carbocycles. The lowest BCUT2D eigenvalue weighted by molar-refractivity contribution is 0.0566. The van der Waals surface area contributed by atoms with Gasteiger partial charge in [-0.3, -0.25) is 4.90 Å². The number of piperidine rings is 1. The second-order valence-corrected chi connectivity index (χ2v) is 4.47. The smallest absolute Gasteiger partial charge is 0.122 e. The van der Waals surface area contributed by atoms with E-state index >= 15 is 0 Å². The molecule has 2 rings (SSSR count). The van der Waals surface area contributed by atoms with Crippen molar-refractivity contribution in [2.24, 2.45) is 5.73 Å². The van der Waals surface area contributed by atoms with Crippen molar-refractivity contribution in [2.75, 3.05) is 19.6 Å². The quantitative estimate of drug-likeness (QED) is 0.805. The molecular formula is C12H20N2O2. The van der Waals surface area contributed by atoms with E-state index in [4.69, 9.17) is 10.2 Å². The van der Waals surface area contributed by atoms with Crippen molar-refractivity contribution < 1.29 is 9.52 Å². The van der Waals surface area contributed by atoms with Crippen LogP contribution in [0.1, 0.15) is 30.4 Å². The highest BCUT2D eigenvalue weighted by Gasteiger charge is 2.26. The van der Waals surface area contributed by atoms with E-state index in [0.29, 0.717) is 6.54 Å². The Bertz CT molecular complexity index is 330. The number of likely N-dealkylation sites (tertiary alicyclic amines) is 1. The van der Waals surface area contributed by atoms with Gasteiger partial charge in [0.05, 0.1) is 12.1 Å². The zero-order valence-electron chi connectivity index (χ0n) is 9.72.